The van der Waals surface area contributed by atoms with Gasteiger partial charge in [0.05, 0.1) is 11.3 Å². The summed E-state index contributed by atoms with van der Waals surface area (Å²) in [5.74, 6) is -1.82. The molecule has 1 aromatic heterocycles. The number of nitrogen functional groups attached to an aromatic ring is 1. The van der Waals surface area contributed by atoms with E-state index in [-0.39, 0.29) is 16.9 Å². The Balaban J connectivity index is 2.38. The van der Waals surface area contributed by atoms with E-state index in [2.05, 4.69) is 10.3 Å². The minimum Gasteiger partial charge on any atom is -0.478 e. The normalized spacial score (nSPS) is 10.3. The topological polar surface area (TPSA) is 88.2 Å². The summed E-state index contributed by atoms with van der Waals surface area (Å²) in [6, 6.07) is 2.13. The lowest BCUT2D eigenvalue weighted by molar-refractivity contribution is 0.0698. The highest BCUT2D eigenvalue weighted by Crippen LogP contribution is 2.27. The zero-order chi connectivity index (χ0) is 13.3. The molecule has 0 spiro atoms. The van der Waals surface area contributed by atoms with Gasteiger partial charge < -0.3 is 16.2 Å². The summed E-state index contributed by atoms with van der Waals surface area (Å²) in [4.78, 5) is 15.9. The van der Waals surface area contributed by atoms with Gasteiger partial charge in [0.15, 0.2) is 5.13 Å². The smallest absolute Gasteiger partial charge is 0.337 e. The predicted molar refractivity (Wildman–Crippen MR) is 67.9 cm³/mol. The second kappa shape index (κ2) is 4.61. The molecule has 0 amide bonds. The fourth-order valence-electron chi connectivity index (χ4n) is 1.40. The van der Waals surface area contributed by atoms with Crippen molar-refractivity contribution in [1.82, 2.24) is 4.98 Å². The average molecular weight is 267 g/mol. The fourth-order valence-corrected chi connectivity index (χ4v) is 2.07. The number of nitrogens with two attached hydrogens (primary N) is 1. The van der Waals surface area contributed by atoms with Crippen molar-refractivity contribution in [3.63, 3.8) is 0 Å². The van der Waals surface area contributed by atoms with Crippen LogP contribution >= 0.6 is 11.3 Å². The number of hydrogen-bond acceptors (Lipinski definition) is 5. The van der Waals surface area contributed by atoms with Crippen LogP contribution < -0.4 is 11.1 Å². The first-order valence-corrected chi connectivity index (χ1v) is 5.81. The van der Waals surface area contributed by atoms with Crippen LogP contribution in [0.2, 0.25) is 0 Å². The molecule has 0 bridgehead atoms. The Morgan fingerprint density at radius 1 is 1.56 bits per heavy atom. The molecule has 2 rings (SSSR count). The summed E-state index contributed by atoms with van der Waals surface area (Å²) in [5.41, 5.74) is 5.21. The van der Waals surface area contributed by atoms with Gasteiger partial charge in [-0.15, -0.1) is 11.3 Å². The second-order valence-electron chi connectivity index (χ2n) is 3.63. The Hall–Kier alpha value is -2.15. The molecule has 0 saturated carbocycles. The Bertz CT molecular complexity index is 612. The van der Waals surface area contributed by atoms with E-state index >= 15 is 0 Å². The molecule has 0 aliphatic heterocycles. The van der Waals surface area contributed by atoms with Gasteiger partial charge in [0.2, 0.25) is 0 Å². The minimum absolute atomic E-state index is 0.0379. The van der Waals surface area contributed by atoms with E-state index in [0.29, 0.717) is 5.13 Å². The largest absolute Gasteiger partial charge is 0.478 e. The van der Waals surface area contributed by atoms with E-state index in [0.717, 1.165) is 17.0 Å². The van der Waals surface area contributed by atoms with E-state index in [1.54, 1.807) is 6.20 Å². The number of carboxylic acid groups (broad SMARTS) is 1. The van der Waals surface area contributed by atoms with Gasteiger partial charge in [-0.25, -0.2) is 14.2 Å². The zero-order valence-electron chi connectivity index (χ0n) is 9.40. The molecule has 94 valence electrons. The van der Waals surface area contributed by atoms with E-state index in [9.17, 15) is 9.18 Å². The van der Waals surface area contributed by atoms with Crippen molar-refractivity contribution < 1.29 is 14.3 Å². The van der Waals surface area contributed by atoms with Crippen molar-refractivity contribution in [2.75, 3.05) is 11.1 Å². The van der Waals surface area contributed by atoms with Crippen molar-refractivity contribution in [1.29, 1.82) is 0 Å². The lowest BCUT2D eigenvalue weighted by atomic mass is 10.1. The maximum atomic E-state index is 13.6. The number of hydrogen-bond donors (Lipinski definition) is 3. The minimum atomic E-state index is -1.20. The van der Waals surface area contributed by atoms with Crippen LogP contribution in [-0.4, -0.2) is 16.1 Å². The lowest BCUT2D eigenvalue weighted by Crippen LogP contribution is -2.05. The van der Waals surface area contributed by atoms with Crippen molar-refractivity contribution in [3.05, 3.63) is 34.6 Å². The molecule has 0 radical (unpaired) electrons. The van der Waals surface area contributed by atoms with Gasteiger partial charge in [0.25, 0.3) is 0 Å². The van der Waals surface area contributed by atoms with E-state index < -0.39 is 11.8 Å². The molecule has 7 heteroatoms. The number of carbonyl (C=O) groups is 1. The highest BCUT2D eigenvalue weighted by molar-refractivity contribution is 7.15. The quantitative estimate of drug-likeness (QED) is 0.744. The predicted octanol–water partition coefficient (Wildman–Crippen LogP) is 2.61. The molecule has 18 heavy (non-hydrogen) atoms. The van der Waals surface area contributed by atoms with Crippen LogP contribution in [0, 0.1) is 12.7 Å². The first-order valence-electron chi connectivity index (χ1n) is 4.99. The number of anilines is 3. The van der Waals surface area contributed by atoms with Crippen molar-refractivity contribution in [3.8, 4) is 0 Å². The Morgan fingerprint density at radius 2 is 2.28 bits per heavy atom. The number of aryl methyl sites for hydroxylation is 1. The number of carboxylic acids is 1. The van der Waals surface area contributed by atoms with Gasteiger partial charge in [-0.05, 0) is 19.1 Å². The van der Waals surface area contributed by atoms with Gasteiger partial charge in [0.1, 0.15) is 5.82 Å². The maximum absolute atomic E-state index is 13.6. The first kappa shape index (κ1) is 12.3. The number of nitrogens with one attached hydrogen (secondary N) is 1. The van der Waals surface area contributed by atoms with Gasteiger partial charge in [0, 0.05) is 16.8 Å². The Kier molecular flexibility index (Phi) is 3.15. The summed E-state index contributed by atoms with van der Waals surface area (Å²) < 4.78 is 13.6. The van der Waals surface area contributed by atoms with Crippen LogP contribution in [-0.2, 0) is 0 Å². The highest BCUT2D eigenvalue weighted by atomic mass is 32.1. The third-order valence-electron chi connectivity index (χ3n) is 2.23. The first-order chi connectivity index (χ1) is 8.47. The van der Waals surface area contributed by atoms with Gasteiger partial charge >= 0.3 is 5.97 Å². The molecule has 5 nitrogen and oxygen atoms in total. The number of benzene rings is 1. The third kappa shape index (κ3) is 2.40. The van der Waals surface area contributed by atoms with E-state index in [4.69, 9.17) is 10.8 Å². The Morgan fingerprint density at radius 3 is 2.83 bits per heavy atom. The van der Waals surface area contributed by atoms with Gasteiger partial charge in [-0.2, -0.15) is 0 Å². The van der Waals surface area contributed by atoms with Crippen LogP contribution in [0.5, 0.6) is 0 Å². The number of halogens is 1. The van der Waals surface area contributed by atoms with Gasteiger partial charge in [-0.1, -0.05) is 0 Å². The average Bonchev–Trinajstić information content (AvgIpc) is 2.67. The fraction of sp³-hybridized carbons (Fsp3) is 0.0909. The van der Waals surface area contributed by atoms with Crippen LogP contribution in [0.25, 0.3) is 0 Å². The zero-order valence-corrected chi connectivity index (χ0v) is 10.2. The van der Waals surface area contributed by atoms with Crippen LogP contribution in [0.4, 0.5) is 20.9 Å². The maximum Gasteiger partial charge on any atom is 0.337 e. The molecule has 1 aromatic carbocycles. The molecule has 1 heterocycles. The number of aromatic carboxylic acids is 1. The summed E-state index contributed by atoms with van der Waals surface area (Å²) in [7, 11) is 0. The standard InChI is InChI=1S/C11H10FN3O2S/c1-5-4-14-11(18-5)15-9-2-6(10(16)17)8(13)3-7(9)12/h2-4H,13H2,1H3,(H,14,15)(H,16,17). The summed E-state index contributed by atoms with van der Waals surface area (Å²) >= 11 is 1.34. The number of nitrogens with zero attached hydrogens (tertiary/aromatic N) is 1. The van der Waals surface area contributed by atoms with E-state index in [1.165, 1.54) is 11.3 Å². The van der Waals surface area contributed by atoms with E-state index in [1.807, 2.05) is 6.92 Å². The number of aromatic nitrogens is 1. The number of rotatable bonds is 3. The van der Waals surface area contributed by atoms with Crippen molar-refractivity contribution >= 4 is 33.8 Å². The molecule has 0 aliphatic carbocycles. The van der Waals surface area contributed by atoms with Crippen LogP contribution in [0.1, 0.15) is 15.2 Å². The summed E-state index contributed by atoms with van der Waals surface area (Å²) in [6.45, 7) is 1.87. The molecule has 0 saturated heterocycles. The molecule has 4 N–H and O–H groups in total. The molecule has 0 aliphatic rings. The SMILES string of the molecule is Cc1cnc(Nc2cc(C(=O)O)c(N)cc2F)s1. The molecule has 0 atom stereocenters. The summed E-state index contributed by atoms with van der Waals surface area (Å²) in [6.07, 6.45) is 1.64. The molecule has 0 fully saturated rings. The molecular weight excluding hydrogens is 257 g/mol. The lowest BCUT2D eigenvalue weighted by Gasteiger charge is -2.07. The van der Waals surface area contributed by atoms with Crippen LogP contribution in [0.3, 0.4) is 0 Å². The summed E-state index contributed by atoms with van der Waals surface area (Å²) in [5, 5.41) is 12.1. The van der Waals surface area contributed by atoms with Gasteiger partial charge in [-0.3, -0.25) is 0 Å². The van der Waals surface area contributed by atoms with Crippen LogP contribution in [0.15, 0.2) is 18.3 Å². The number of thiazole rings is 1. The monoisotopic (exact) mass is 267 g/mol. The highest BCUT2D eigenvalue weighted by Gasteiger charge is 2.14. The molecule has 2 aromatic rings. The molecule has 0 unspecified atom stereocenters. The second-order valence-corrected chi connectivity index (χ2v) is 4.86. The third-order valence-corrected chi connectivity index (χ3v) is 3.06. The molecular formula is C11H10FN3O2S. The van der Waals surface area contributed by atoms with Crippen molar-refractivity contribution in [2.24, 2.45) is 0 Å². The Labute approximate surface area is 106 Å². The van der Waals surface area contributed by atoms with Crippen molar-refractivity contribution in [2.45, 2.75) is 6.92 Å².